The Morgan fingerprint density at radius 1 is 0.762 bits per heavy atom. The molecule has 1 atom stereocenters. The highest BCUT2D eigenvalue weighted by molar-refractivity contribution is 7.87. The largest absolute Gasteiger partial charge is 0.493 e. The lowest BCUT2D eigenvalue weighted by Crippen LogP contribution is -2.29. The molecule has 226 valence electrons. The highest BCUT2D eigenvalue weighted by Gasteiger charge is 2.38. The molecule has 3 aromatic rings. The fourth-order valence-corrected chi connectivity index (χ4v) is 6.31. The van der Waals surface area contributed by atoms with Crippen molar-refractivity contribution < 1.29 is 61.8 Å². The van der Waals surface area contributed by atoms with Crippen LogP contribution in [0.5, 0.6) is 5.88 Å². The molecule has 1 aliphatic heterocycles. The van der Waals surface area contributed by atoms with Crippen LogP contribution in [0.4, 0.5) is 5.69 Å². The predicted molar refractivity (Wildman–Crippen MR) is 139 cm³/mol. The van der Waals surface area contributed by atoms with Crippen LogP contribution in [0.2, 0.25) is 0 Å². The molecule has 22 heteroatoms. The van der Waals surface area contributed by atoms with Crippen LogP contribution in [0.25, 0.3) is 5.69 Å². The number of aromatic nitrogens is 2. The summed E-state index contributed by atoms with van der Waals surface area (Å²) in [5.74, 6) is -3.09. The molecule has 2 heterocycles. The summed E-state index contributed by atoms with van der Waals surface area (Å²) >= 11 is 0. The number of anilines is 1. The fraction of sp³-hybridized carbons (Fsp3) is 0.150. The summed E-state index contributed by atoms with van der Waals surface area (Å²) in [6, 6.07) is 3.79. The van der Waals surface area contributed by atoms with E-state index in [0.29, 0.717) is 46.1 Å². The van der Waals surface area contributed by atoms with E-state index in [9.17, 15) is 61.8 Å². The van der Waals surface area contributed by atoms with Gasteiger partial charge in [0, 0.05) is 11.3 Å². The number of rotatable bonds is 8. The van der Waals surface area contributed by atoms with E-state index < -0.39 is 95.6 Å². The lowest BCUT2D eigenvalue weighted by molar-refractivity contribution is -0.119. The Bertz CT molecular complexity index is 2120. The zero-order valence-corrected chi connectivity index (χ0v) is 23.9. The first-order valence-electron chi connectivity index (χ1n) is 10.9. The van der Waals surface area contributed by atoms with Crippen molar-refractivity contribution in [3.63, 3.8) is 0 Å². The van der Waals surface area contributed by atoms with Gasteiger partial charge in [0.25, 0.3) is 46.4 Å². The topological polar surface area (TPSA) is 288 Å². The van der Waals surface area contributed by atoms with Crippen molar-refractivity contribution in [3.8, 4) is 11.6 Å². The Balaban J connectivity index is 1.76. The van der Waals surface area contributed by atoms with Gasteiger partial charge in [0.2, 0.25) is 5.88 Å². The van der Waals surface area contributed by atoms with Gasteiger partial charge in [-0.15, -0.1) is 0 Å². The first-order valence-corrected chi connectivity index (χ1v) is 16.7. The van der Waals surface area contributed by atoms with Gasteiger partial charge in [-0.2, -0.15) is 53.6 Å². The predicted octanol–water partition coefficient (Wildman–Crippen LogP) is 0.146. The Kier molecular flexibility index (Phi) is 7.57. The Hall–Kier alpha value is -3.77. The minimum atomic E-state index is -5.04. The molecule has 0 saturated heterocycles. The van der Waals surface area contributed by atoms with Gasteiger partial charge in [-0.1, -0.05) is 0 Å². The zero-order chi connectivity index (χ0) is 31.6. The number of benzene rings is 2. The highest BCUT2D eigenvalue weighted by atomic mass is 32.2. The van der Waals surface area contributed by atoms with E-state index in [-0.39, 0.29) is 11.3 Å². The summed E-state index contributed by atoms with van der Waals surface area (Å²) in [4.78, 5) is 9.83. The first kappa shape index (κ1) is 31.2. The van der Waals surface area contributed by atoms with E-state index in [2.05, 4.69) is 10.2 Å². The van der Waals surface area contributed by atoms with Gasteiger partial charge in [-0.3, -0.25) is 23.0 Å². The van der Waals surface area contributed by atoms with Gasteiger partial charge in [-0.25, -0.2) is 0 Å². The maximum absolute atomic E-state index is 13.3. The monoisotopic (exact) mass is 666 g/mol. The van der Waals surface area contributed by atoms with Crippen LogP contribution in [-0.2, 0) is 51.7 Å². The molecule has 42 heavy (non-hydrogen) atoms. The number of hydrazone groups is 1. The summed E-state index contributed by atoms with van der Waals surface area (Å²) in [7, 11) is -19.8. The number of carbonyl (C=O) groups is 1. The third-order valence-corrected chi connectivity index (χ3v) is 9.48. The van der Waals surface area contributed by atoms with Crippen LogP contribution in [0.3, 0.4) is 0 Å². The fourth-order valence-electron chi connectivity index (χ4n) is 4.01. The molecule has 1 unspecified atom stereocenters. The summed E-state index contributed by atoms with van der Waals surface area (Å²) < 4.78 is 132. The Labute approximate surface area is 237 Å². The Morgan fingerprint density at radius 3 is 1.71 bits per heavy atom. The van der Waals surface area contributed by atoms with Crippen molar-refractivity contribution in [2.24, 2.45) is 11.0 Å². The summed E-state index contributed by atoms with van der Waals surface area (Å²) in [5, 5.41) is 19.0. The lowest BCUT2D eigenvalue weighted by atomic mass is 9.96. The van der Waals surface area contributed by atoms with Gasteiger partial charge < -0.3 is 5.11 Å². The smallest absolute Gasteiger partial charge is 0.296 e. The average Bonchev–Trinajstić information content (AvgIpc) is 3.35. The summed E-state index contributed by atoms with van der Waals surface area (Å²) in [6.07, 6.45) is 0.518. The van der Waals surface area contributed by atoms with Crippen LogP contribution in [-0.4, -0.2) is 78.4 Å². The number of nitrogens with zero attached hydrogens (tertiary/aromatic N) is 4. The number of aromatic hydroxyl groups is 1. The van der Waals surface area contributed by atoms with Crippen molar-refractivity contribution in [2.75, 3.05) is 5.01 Å². The highest BCUT2D eigenvalue weighted by Crippen LogP contribution is 2.35. The second-order valence-corrected chi connectivity index (χ2v) is 14.3. The molecule has 2 aromatic carbocycles. The van der Waals surface area contributed by atoms with Gasteiger partial charge >= 0.3 is 0 Å². The van der Waals surface area contributed by atoms with E-state index in [4.69, 9.17) is 0 Å². The van der Waals surface area contributed by atoms with Gasteiger partial charge in [-0.05, 0) is 49.7 Å². The van der Waals surface area contributed by atoms with Crippen molar-refractivity contribution >= 4 is 57.8 Å². The molecule has 4 rings (SSSR count). The van der Waals surface area contributed by atoms with Gasteiger partial charge in [0.05, 0.1) is 33.3 Å². The Morgan fingerprint density at radius 2 is 1.24 bits per heavy atom. The average molecular weight is 667 g/mol. The molecule has 1 aliphatic rings. The van der Waals surface area contributed by atoms with Crippen LogP contribution in [0.1, 0.15) is 12.5 Å². The van der Waals surface area contributed by atoms with E-state index in [1.807, 2.05) is 0 Å². The first-order chi connectivity index (χ1) is 19.1. The second-order valence-electron chi connectivity index (χ2n) is 8.71. The molecule has 1 aromatic heterocycles. The van der Waals surface area contributed by atoms with Crippen LogP contribution >= 0.6 is 0 Å². The normalized spacial score (nSPS) is 16.6. The lowest BCUT2D eigenvalue weighted by Gasteiger charge is -2.17. The van der Waals surface area contributed by atoms with Crippen LogP contribution in [0, 0.1) is 5.92 Å². The molecule has 1 amide bonds. The van der Waals surface area contributed by atoms with Crippen molar-refractivity contribution in [1.82, 2.24) is 9.78 Å². The van der Waals surface area contributed by atoms with E-state index in [1.54, 1.807) is 0 Å². The molecule has 0 radical (unpaired) electrons. The van der Waals surface area contributed by atoms with Crippen LogP contribution in [0.15, 0.2) is 67.3 Å². The van der Waals surface area contributed by atoms with Crippen molar-refractivity contribution in [3.05, 3.63) is 48.2 Å². The van der Waals surface area contributed by atoms with E-state index in [0.717, 1.165) is 6.20 Å². The van der Waals surface area contributed by atoms with Crippen molar-refractivity contribution in [1.29, 1.82) is 0 Å². The summed E-state index contributed by atoms with van der Waals surface area (Å²) in [5.41, 5.74) is -1.58. The van der Waals surface area contributed by atoms with E-state index in [1.165, 1.54) is 6.92 Å². The maximum atomic E-state index is 13.3. The third kappa shape index (κ3) is 5.91. The summed E-state index contributed by atoms with van der Waals surface area (Å²) in [6.45, 7) is 1.32. The second kappa shape index (κ2) is 10.2. The maximum Gasteiger partial charge on any atom is 0.296 e. The number of carbonyl (C=O) groups excluding carboxylic acids is 1. The minimum absolute atomic E-state index is 0.00214. The van der Waals surface area contributed by atoms with Gasteiger partial charge in [0.15, 0.2) is 0 Å². The molecule has 0 aliphatic carbocycles. The quantitative estimate of drug-likeness (QED) is 0.200. The standard InChI is InChI=1S/C20H18N4O14S4/c1-10-14(20(26)24(22-10)16-8-13(40(30,31)32)3-5-18(16)42(36,37)38)6-11-9-21-23(19(11)25)15-7-12(39(27,28)29)2-4-17(15)41(33,34)35/h2-5,7-9,14,25H,6H2,1H3,(H,27,28,29)(H,30,31,32)(H,33,34,35)(H,36,37,38). The molecule has 0 fully saturated rings. The van der Waals surface area contributed by atoms with Crippen LogP contribution < -0.4 is 5.01 Å². The van der Waals surface area contributed by atoms with Gasteiger partial charge in [0.1, 0.15) is 9.79 Å². The molecule has 5 N–H and O–H groups in total. The van der Waals surface area contributed by atoms with E-state index >= 15 is 0 Å². The SMILES string of the molecule is CC1=NN(c2cc(S(=O)(=O)O)ccc2S(=O)(=O)O)C(=O)C1Cc1cnn(-c2cc(S(=O)(=O)O)ccc2S(=O)(=O)O)c1O. The zero-order valence-electron chi connectivity index (χ0n) is 20.7. The number of amides is 1. The van der Waals surface area contributed by atoms with Crippen molar-refractivity contribution in [2.45, 2.75) is 32.9 Å². The third-order valence-electron chi connectivity index (χ3n) is 5.98. The molecule has 0 bridgehead atoms. The minimum Gasteiger partial charge on any atom is -0.493 e. The molecule has 0 saturated carbocycles. The molecular formula is C20H18N4O14S4. The molecular weight excluding hydrogens is 649 g/mol. The number of hydrogen-bond acceptors (Lipinski definition) is 12. The molecule has 18 nitrogen and oxygen atoms in total. The molecule has 0 spiro atoms. The number of hydrogen-bond donors (Lipinski definition) is 5.